The molecule has 0 saturated carbocycles. The molecule has 0 aromatic heterocycles. The first kappa shape index (κ1) is 14.9. The molecule has 1 amide bonds. The van der Waals surface area contributed by atoms with Gasteiger partial charge in [0.1, 0.15) is 0 Å². The van der Waals surface area contributed by atoms with Gasteiger partial charge in [-0.3, -0.25) is 9.59 Å². The van der Waals surface area contributed by atoms with Crippen LogP contribution in [-0.4, -0.2) is 23.5 Å². The van der Waals surface area contributed by atoms with Gasteiger partial charge in [0.05, 0.1) is 0 Å². The maximum Gasteiger partial charge on any atom is 0.303 e. The third-order valence-electron chi connectivity index (χ3n) is 2.62. The van der Waals surface area contributed by atoms with E-state index >= 15 is 0 Å². The van der Waals surface area contributed by atoms with Crippen LogP contribution in [0.15, 0.2) is 0 Å². The lowest BCUT2D eigenvalue weighted by Gasteiger charge is -2.23. The zero-order valence-electron chi connectivity index (χ0n) is 10.5. The van der Waals surface area contributed by atoms with Crippen molar-refractivity contribution in [3.8, 4) is 0 Å². The predicted octanol–water partition coefficient (Wildman–Crippen LogP) is 2.18. The van der Waals surface area contributed by atoms with E-state index in [0.717, 1.165) is 12.8 Å². The number of hydrogen-bond acceptors (Lipinski definition) is 2. The van der Waals surface area contributed by atoms with Crippen molar-refractivity contribution in [3.05, 3.63) is 0 Å². The van der Waals surface area contributed by atoms with Gasteiger partial charge in [-0.15, -0.1) is 0 Å². The van der Waals surface area contributed by atoms with Gasteiger partial charge in [0.2, 0.25) is 5.91 Å². The highest BCUT2D eigenvalue weighted by molar-refractivity contribution is 5.75. The highest BCUT2D eigenvalue weighted by Gasteiger charge is 2.18. The van der Waals surface area contributed by atoms with Gasteiger partial charge in [0, 0.05) is 19.4 Å². The second kappa shape index (κ2) is 7.25. The van der Waals surface area contributed by atoms with Crippen LogP contribution in [-0.2, 0) is 9.59 Å². The zero-order chi connectivity index (χ0) is 12.6. The smallest absolute Gasteiger partial charge is 0.303 e. The van der Waals surface area contributed by atoms with Crippen LogP contribution in [0.4, 0.5) is 0 Å². The van der Waals surface area contributed by atoms with Gasteiger partial charge in [-0.05, 0) is 24.7 Å². The van der Waals surface area contributed by atoms with Crippen LogP contribution >= 0.6 is 0 Å². The summed E-state index contributed by atoms with van der Waals surface area (Å²) in [5, 5.41) is 11.4. The van der Waals surface area contributed by atoms with Gasteiger partial charge in [-0.2, -0.15) is 0 Å². The average Bonchev–Trinajstić information content (AvgIpc) is 2.15. The van der Waals surface area contributed by atoms with Crippen LogP contribution in [0.3, 0.4) is 0 Å². The van der Waals surface area contributed by atoms with Crippen molar-refractivity contribution in [2.75, 3.05) is 6.54 Å². The molecule has 0 unspecified atom stereocenters. The van der Waals surface area contributed by atoms with E-state index in [1.807, 2.05) is 20.8 Å². The van der Waals surface area contributed by atoms with E-state index in [-0.39, 0.29) is 17.7 Å². The lowest BCUT2D eigenvalue weighted by atomic mass is 9.84. The Morgan fingerprint density at radius 1 is 1.19 bits per heavy atom. The number of carboxylic acid groups (broad SMARTS) is 1. The van der Waals surface area contributed by atoms with Gasteiger partial charge in [-0.25, -0.2) is 0 Å². The fraction of sp³-hybridized carbons (Fsp3) is 0.833. The number of carbonyl (C=O) groups is 2. The Hall–Kier alpha value is -1.06. The van der Waals surface area contributed by atoms with Crippen molar-refractivity contribution in [2.24, 2.45) is 5.41 Å². The van der Waals surface area contributed by atoms with E-state index in [0.29, 0.717) is 19.4 Å². The van der Waals surface area contributed by atoms with Crippen molar-refractivity contribution in [2.45, 2.75) is 52.9 Å². The van der Waals surface area contributed by atoms with Gasteiger partial charge in [0.25, 0.3) is 0 Å². The number of nitrogens with one attached hydrogen (secondary N) is 1. The molecule has 0 aliphatic rings. The molecule has 0 aromatic rings. The molecule has 0 fully saturated rings. The highest BCUT2D eigenvalue weighted by atomic mass is 16.4. The Kier molecular flexibility index (Phi) is 6.77. The van der Waals surface area contributed by atoms with Crippen LogP contribution in [0.5, 0.6) is 0 Å². The standard InChI is InChI=1S/C12H23NO3/c1-4-5-10(14)13-9-8-12(2,3)7-6-11(15)16/h4-9H2,1-3H3,(H,13,14)(H,15,16). The predicted molar refractivity (Wildman–Crippen MR) is 63.2 cm³/mol. The molecule has 16 heavy (non-hydrogen) atoms. The minimum Gasteiger partial charge on any atom is -0.481 e. The summed E-state index contributed by atoms with van der Waals surface area (Å²) in [7, 11) is 0. The lowest BCUT2D eigenvalue weighted by molar-refractivity contribution is -0.137. The van der Waals surface area contributed by atoms with Crippen molar-refractivity contribution in [1.29, 1.82) is 0 Å². The number of carboxylic acids is 1. The summed E-state index contributed by atoms with van der Waals surface area (Å²) in [6, 6.07) is 0. The molecule has 0 radical (unpaired) electrons. The number of hydrogen-bond donors (Lipinski definition) is 2. The normalized spacial score (nSPS) is 11.2. The Morgan fingerprint density at radius 2 is 1.81 bits per heavy atom. The van der Waals surface area contributed by atoms with Crippen molar-refractivity contribution >= 4 is 11.9 Å². The van der Waals surface area contributed by atoms with Crippen molar-refractivity contribution in [1.82, 2.24) is 5.32 Å². The van der Waals surface area contributed by atoms with Crippen LogP contribution in [0, 0.1) is 5.41 Å². The molecule has 0 aromatic carbocycles. The Balaban J connectivity index is 3.72. The molecule has 0 bridgehead atoms. The molecule has 94 valence electrons. The monoisotopic (exact) mass is 229 g/mol. The molecule has 2 N–H and O–H groups in total. The fourth-order valence-electron chi connectivity index (χ4n) is 1.43. The minimum atomic E-state index is -0.761. The molecular formula is C12H23NO3. The van der Waals surface area contributed by atoms with Crippen LogP contribution in [0.25, 0.3) is 0 Å². The largest absolute Gasteiger partial charge is 0.481 e. The molecule has 4 nitrogen and oxygen atoms in total. The Morgan fingerprint density at radius 3 is 2.31 bits per heavy atom. The number of rotatable bonds is 8. The summed E-state index contributed by atoms with van der Waals surface area (Å²) >= 11 is 0. The Labute approximate surface area is 97.4 Å². The molecule has 0 aliphatic heterocycles. The number of aliphatic carboxylic acids is 1. The van der Waals surface area contributed by atoms with E-state index in [1.54, 1.807) is 0 Å². The summed E-state index contributed by atoms with van der Waals surface area (Å²) in [6.45, 7) is 6.66. The minimum absolute atomic E-state index is 0.0299. The molecule has 0 aliphatic carbocycles. The molecule has 4 heteroatoms. The SMILES string of the molecule is CCCC(=O)NCCC(C)(C)CCC(=O)O. The maximum atomic E-state index is 11.2. The number of amides is 1. The van der Waals surface area contributed by atoms with Crippen LogP contribution in [0.1, 0.15) is 52.9 Å². The lowest BCUT2D eigenvalue weighted by Crippen LogP contribution is -2.28. The van der Waals surface area contributed by atoms with E-state index in [1.165, 1.54) is 0 Å². The Bertz CT molecular complexity index is 236. The van der Waals surface area contributed by atoms with E-state index in [9.17, 15) is 9.59 Å². The highest BCUT2D eigenvalue weighted by Crippen LogP contribution is 2.25. The molecule has 0 spiro atoms. The summed E-state index contributed by atoms with van der Waals surface area (Å²) in [5.74, 6) is -0.681. The van der Waals surface area contributed by atoms with E-state index in [2.05, 4.69) is 5.32 Å². The second-order valence-electron chi connectivity index (χ2n) is 4.91. The van der Waals surface area contributed by atoms with Crippen LogP contribution < -0.4 is 5.32 Å². The topological polar surface area (TPSA) is 66.4 Å². The first-order valence-electron chi connectivity index (χ1n) is 5.86. The van der Waals surface area contributed by atoms with Crippen molar-refractivity contribution < 1.29 is 14.7 Å². The summed E-state index contributed by atoms with van der Waals surface area (Å²) in [5.41, 5.74) is -0.0299. The first-order chi connectivity index (χ1) is 7.37. The third kappa shape index (κ3) is 8.26. The molecule has 0 rings (SSSR count). The molecule has 0 heterocycles. The molecule has 0 atom stereocenters. The summed E-state index contributed by atoms with van der Waals surface area (Å²) in [6.07, 6.45) is 3.07. The summed E-state index contributed by atoms with van der Waals surface area (Å²) in [4.78, 5) is 21.6. The van der Waals surface area contributed by atoms with E-state index < -0.39 is 5.97 Å². The van der Waals surface area contributed by atoms with Crippen LogP contribution in [0.2, 0.25) is 0 Å². The molecule has 0 saturated heterocycles. The van der Waals surface area contributed by atoms with Gasteiger partial charge in [-0.1, -0.05) is 20.8 Å². The summed E-state index contributed by atoms with van der Waals surface area (Å²) < 4.78 is 0. The quantitative estimate of drug-likeness (QED) is 0.670. The zero-order valence-corrected chi connectivity index (χ0v) is 10.5. The second-order valence-corrected chi connectivity index (χ2v) is 4.91. The van der Waals surface area contributed by atoms with E-state index in [4.69, 9.17) is 5.11 Å². The molecular weight excluding hydrogens is 206 g/mol. The average molecular weight is 229 g/mol. The number of carbonyl (C=O) groups excluding carboxylic acids is 1. The fourth-order valence-corrected chi connectivity index (χ4v) is 1.43. The van der Waals surface area contributed by atoms with Gasteiger partial charge < -0.3 is 10.4 Å². The van der Waals surface area contributed by atoms with Crippen molar-refractivity contribution in [3.63, 3.8) is 0 Å². The van der Waals surface area contributed by atoms with Gasteiger partial charge >= 0.3 is 5.97 Å². The van der Waals surface area contributed by atoms with Gasteiger partial charge in [0.15, 0.2) is 0 Å². The third-order valence-corrected chi connectivity index (χ3v) is 2.62. The maximum absolute atomic E-state index is 11.2. The first-order valence-corrected chi connectivity index (χ1v) is 5.86.